The van der Waals surface area contributed by atoms with E-state index in [0.717, 1.165) is 11.4 Å². The van der Waals surface area contributed by atoms with Crippen molar-refractivity contribution in [3.8, 4) is 0 Å². The fraction of sp³-hybridized carbons (Fsp3) is 0.231. The van der Waals surface area contributed by atoms with E-state index in [2.05, 4.69) is 36.5 Å². The Morgan fingerprint density at radius 3 is 2.94 bits per heavy atom. The molecule has 0 bridgehead atoms. The summed E-state index contributed by atoms with van der Waals surface area (Å²) in [6.45, 7) is 2.15. The molecule has 3 rings (SSSR count). The monoisotopic (exact) mass is 249 g/mol. The first kappa shape index (κ1) is 10.2. The predicted molar refractivity (Wildman–Crippen MR) is 70.6 cm³/mol. The van der Waals surface area contributed by atoms with E-state index in [4.69, 9.17) is 11.6 Å². The number of anilines is 1. The Balaban J connectivity index is 1.90. The van der Waals surface area contributed by atoms with Crippen molar-refractivity contribution in [3.63, 3.8) is 0 Å². The summed E-state index contributed by atoms with van der Waals surface area (Å²) in [7, 11) is 0. The van der Waals surface area contributed by atoms with Gasteiger partial charge in [0.2, 0.25) is 0 Å². The molecule has 1 N–H and O–H groups in total. The number of benzene rings is 1. The van der Waals surface area contributed by atoms with Gasteiger partial charge in [-0.2, -0.15) is 0 Å². The molecular weight excluding hydrogens is 238 g/mol. The molecule has 0 amide bonds. The van der Waals surface area contributed by atoms with E-state index in [1.54, 1.807) is 0 Å². The van der Waals surface area contributed by atoms with Crippen molar-refractivity contribution >= 4 is 28.6 Å². The van der Waals surface area contributed by atoms with Crippen LogP contribution < -0.4 is 5.32 Å². The van der Waals surface area contributed by atoms with Crippen molar-refractivity contribution in [3.05, 3.63) is 50.7 Å². The predicted octanol–water partition coefficient (Wildman–Crippen LogP) is 4.42. The van der Waals surface area contributed by atoms with E-state index in [9.17, 15) is 0 Å². The minimum Gasteiger partial charge on any atom is -0.377 e. The lowest BCUT2D eigenvalue weighted by Crippen LogP contribution is -2.02. The molecule has 1 aliphatic heterocycles. The van der Waals surface area contributed by atoms with Gasteiger partial charge in [0.25, 0.3) is 0 Å². The minimum absolute atomic E-state index is 0.423. The quantitative estimate of drug-likeness (QED) is 0.789. The molecule has 2 aromatic rings. The Bertz CT molecular complexity index is 532. The summed E-state index contributed by atoms with van der Waals surface area (Å²) in [6, 6.07) is 10.9. The molecule has 82 valence electrons. The van der Waals surface area contributed by atoms with Crippen LogP contribution in [0.25, 0.3) is 0 Å². The molecule has 0 spiro atoms. The Hall–Kier alpha value is -0.990. The van der Waals surface area contributed by atoms with E-state index in [1.165, 1.54) is 21.0 Å². The van der Waals surface area contributed by atoms with Crippen LogP contribution in [0.4, 0.5) is 5.69 Å². The molecule has 3 heteroatoms. The van der Waals surface area contributed by atoms with Gasteiger partial charge >= 0.3 is 0 Å². The summed E-state index contributed by atoms with van der Waals surface area (Å²) in [5.41, 5.74) is 2.55. The van der Waals surface area contributed by atoms with Gasteiger partial charge in [0.05, 0.1) is 6.04 Å². The van der Waals surface area contributed by atoms with Gasteiger partial charge < -0.3 is 5.32 Å². The second kappa shape index (κ2) is 3.79. The Labute approximate surface area is 104 Å². The van der Waals surface area contributed by atoms with Gasteiger partial charge in [-0.15, -0.1) is 11.3 Å². The number of thiophene rings is 1. The molecule has 1 atom stereocenters. The Kier molecular flexibility index (Phi) is 2.41. The zero-order valence-electron chi connectivity index (χ0n) is 8.96. The molecule has 0 saturated heterocycles. The van der Waals surface area contributed by atoms with Crippen molar-refractivity contribution in [2.24, 2.45) is 0 Å². The van der Waals surface area contributed by atoms with Gasteiger partial charge in [0.15, 0.2) is 0 Å². The van der Waals surface area contributed by atoms with E-state index in [1.807, 2.05) is 17.4 Å². The van der Waals surface area contributed by atoms with Crippen LogP contribution in [0.1, 0.15) is 21.4 Å². The molecule has 0 fully saturated rings. The van der Waals surface area contributed by atoms with Gasteiger partial charge in [0, 0.05) is 20.5 Å². The first-order chi connectivity index (χ1) is 7.72. The average Bonchev–Trinajstić information content (AvgIpc) is 2.83. The molecule has 1 unspecified atom stereocenters. The third kappa shape index (κ3) is 1.72. The first-order valence-electron chi connectivity index (χ1n) is 5.34. The molecule has 1 aromatic heterocycles. The van der Waals surface area contributed by atoms with E-state index in [-0.39, 0.29) is 0 Å². The second-order valence-electron chi connectivity index (χ2n) is 4.15. The largest absolute Gasteiger partial charge is 0.377 e. The molecule has 0 radical (unpaired) electrons. The molecule has 0 aliphatic carbocycles. The topological polar surface area (TPSA) is 12.0 Å². The molecular formula is C13H12ClNS. The Morgan fingerprint density at radius 2 is 2.19 bits per heavy atom. The lowest BCUT2D eigenvalue weighted by molar-refractivity contribution is 0.843. The van der Waals surface area contributed by atoms with Crippen molar-refractivity contribution in [1.82, 2.24) is 0 Å². The van der Waals surface area contributed by atoms with Crippen molar-refractivity contribution < 1.29 is 0 Å². The van der Waals surface area contributed by atoms with Crippen LogP contribution in [0, 0.1) is 6.92 Å². The maximum Gasteiger partial charge on any atom is 0.0647 e. The molecule has 2 heterocycles. The molecule has 0 saturated carbocycles. The minimum atomic E-state index is 0.423. The van der Waals surface area contributed by atoms with Crippen LogP contribution in [0.5, 0.6) is 0 Å². The lowest BCUT2D eigenvalue weighted by Gasteiger charge is -2.07. The van der Waals surface area contributed by atoms with Crippen LogP contribution in [0.15, 0.2) is 30.3 Å². The van der Waals surface area contributed by atoms with Gasteiger partial charge in [-0.05, 0) is 49.2 Å². The van der Waals surface area contributed by atoms with Crippen molar-refractivity contribution in [1.29, 1.82) is 0 Å². The van der Waals surface area contributed by atoms with Crippen LogP contribution in [0.2, 0.25) is 5.02 Å². The van der Waals surface area contributed by atoms with Gasteiger partial charge in [0.1, 0.15) is 0 Å². The number of hydrogen-bond acceptors (Lipinski definition) is 2. The SMILES string of the molecule is Cc1ccc(C2Cc3cc(Cl)ccc3N2)s1. The highest BCUT2D eigenvalue weighted by atomic mass is 35.5. The van der Waals surface area contributed by atoms with Crippen molar-refractivity contribution in [2.75, 3.05) is 5.32 Å². The van der Waals surface area contributed by atoms with Gasteiger partial charge in [-0.3, -0.25) is 0 Å². The zero-order valence-corrected chi connectivity index (χ0v) is 10.5. The van der Waals surface area contributed by atoms with Crippen LogP contribution in [-0.2, 0) is 6.42 Å². The highest BCUT2D eigenvalue weighted by Gasteiger charge is 2.22. The van der Waals surface area contributed by atoms with E-state index in [0.29, 0.717) is 6.04 Å². The van der Waals surface area contributed by atoms with Gasteiger partial charge in [-0.1, -0.05) is 11.6 Å². The number of hydrogen-bond donors (Lipinski definition) is 1. The number of aryl methyl sites for hydroxylation is 1. The fourth-order valence-corrected chi connectivity index (χ4v) is 3.27. The zero-order chi connectivity index (χ0) is 11.1. The molecule has 1 nitrogen and oxygen atoms in total. The summed E-state index contributed by atoms with van der Waals surface area (Å²) >= 11 is 7.86. The Morgan fingerprint density at radius 1 is 1.31 bits per heavy atom. The van der Waals surface area contributed by atoms with Crippen LogP contribution in [-0.4, -0.2) is 0 Å². The molecule has 1 aromatic carbocycles. The third-order valence-electron chi connectivity index (χ3n) is 2.93. The smallest absolute Gasteiger partial charge is 0.0647 e. The standard InChI is InChI=1S/C13H12ClNS/c1-8-2-5-13(16-8)12-7-9-6-10(14)3-4-11(9)15-12/h2-6,12,15H,7H2,1H3. The lowest BCUT2D eigenvalue weighted by atomic mass is 10.1. The third-order valence-corrected chi connectivity index (χ3v) is 4.28. The fourth-order valence-electron chi connectivity index (χ4n) is 2.14. The van der Waals surface area contributed by atoms with Crippen molar-refractivity contribution in [2.45, 2.75) is 19.4 Å². The number of halogens is 1. The first-order valence-corrected chi connectivity index (χ1v) is 6.53. The number of nitrogens with one attached hydrogen (secondary N) is 1. The number of fused-ring (bicyclic) bond motifs is 1. The highest BCUT2D eigenvalue weighted by Crippen LogP contribution is 2.37. The highest BCUT2D eigenvalue weighted by molar-refractivity contribution is 7.12. The summed E-state index contributed by atoms with van der Waals surface area (Å²) in [4.78, 5) is 2.77. The average molecular weight is 250 g/mol. The second-order valence-corrected chi connectivity index (χ2v) is 5.91. The summed E-state index contributed by atoms with van der Waals surface area (Å²) in [6.07, 6.45) is 1.04. The van der Waals surface area contributed by atoms with Crippen LogP contribution >= 0.6 is 22.9 Å². The van der Waals surface area contributed by atoms with Crippen LogP contribution in [0.3, 0.4) is 0 Å². The maximum atomic E-state index is 6.00. The maximum absolute atomic E-state index is 6.00. The summed E-state index contributed by atoms with van der Waals surface area (Å²) in [5, 5.41) is 4.37. The number of rotatable bonds is 1. The summed E-state index contributed by atoms with van der Waals surface area (Å²) in [5.74, 6) is 0. The van der Waals surface area contributed by atoms with E-state index < -0.39 is 0 Å². The molecule has 1 aliphatic rings. The van der Waals surface area contributed by atoms with E-state index >= 15 is 0 Å². The van der Waals surface area contributed by atoms with Gasteiger partial charge in [-0.25, -0.2) is 0 Å². The summed E-state index contributed by atoms with van der Waals surface area (Å²) < 4.78 is 0. The normalized spacial score (nSPS) is 18.2. The molecule has 16 heavy (non-hydrogen) atoms.